The molecule has 0 spiro atoms. The molecule has 0 aliphatic carbocycles. The van der Waals surface area contributed by atoms with Gasteiger partial charge in [0, 0.05) is 11.2 Å². The van der Waals surface area contributed by atoms with E-state index in [2.05, 4.69) is 0 Å². The van der Waals surface area contributed by atoms with Crippen LogP contribution < -0.4 is 5.56 Å². The summed E-state index contributed by atoms with van der Waals surface area (Å²) < 4.78 is 1.47. The third kappa shape index (κ3) is 3.03. The Kier molecular flexibility index (Phi) is 3.77. The Hall–Kier alpha value is -0.960. The van der Waals surface area contributed by atoms with E-state index >= 15 is 0 Å². The first-order valence-corrected chi connectivity index (χ1v) is 5.99. The average molecular weight is 289 g/mol. The average Bonchev–Trinajstić information content (AvgIpc) is 2.28. The fraction of sp³-hybridized carbons (Fsp3) is 0.0833. The summed E-state index contributed by atoms with van der Waals surface area (Å²) in [5, 5.41) is 1.21. The number of benzene rings is 1. The molecule has 2 rings (SSSR count). The minimum Gasteiger partial charge on any atom is -0.308 e. The molecule has 2 aromatic rings. The Balaban J connectivity index is 2.36. The van der Waals surface area contributed by atoms with Crippen molar-refractivity contribution in [2.75, 3.05) is 0 Å². The largest absolute Gasteiger partial charge is 0.308 e. The van der Waals surface area contributed by atoms with Crippen molar-refractivity contribution in [2.45, 2.75) is 6.54 Å². The maximum Gasteiger partial charge on any atom is 0.269 e. The number of rotatable bonds is 2. The standard InChI is InChI=1S/C12H8Cl3NO/c13-9-3-1-8(2-4-9)6-16-7-10(14)5-11(15)12(16)17/h1-5,7H,6H2. The summed E-state index contributed by atoms with van der Waals surface area (Å²) in [6.07, 6.45) is 1.56. The van der Waals surface area contributed by atoms with Gasteiger partial charge in [-0.05, 0) is 23.8 Å². The van der Waals surface area contributed by atoms with Gasteiger partial charge in [-0.2, -0.15) is 0 Å². The van der Waals surface area contributed by atoms with E-state index in [9.17, 15) is 4.79 Å². The van der Waals surface area contributed by atoms with Gasteiger partial charge in [0.25, 0.3) is 5.56 Å². The molecule has 0 fully saturated rings. The molecule has 0 aliphatic heterocycles. The number of aromatic nitrogens is 1. The van der Waals surface area contributed by atoms with Crippen molar-refractivity contribution < 1.29 is 0 Å². The first-order chi connectivity index (χ1) is 8.06. The van der Waals surface area contributed by atoms with E-state index < -0.39 is 0 Å². The van der Waals surface area contributed by atoms with Crippen molar-refractivity contribution in [2.24, 2.45) is 0 Å². The van der Waals surface area contributed by atoms with Crippen LogP contribution in [-0.4, -0.2) is 4.57 Å². The van der Waals surface area contributed by atoms with E-state index in [-0.39, 0.29) is 10.6 Å². The maximum absolute atomic E-state index is 11.7. The molecule has 0 amide bonds. The number of nitrogens with zero attached hydrogens (tertiary/aromatic N) is 1. The molecule has 0 radical (unpaired) electrons. The minimum absolute atomic E-state index is 0.117. The number of halogens is 3. The van der Waals surface area contributed by atoms with E-state index in [0.29, 0.717) is 16.6 Å². The normalized spacial score (nSPS) is 10.5. The molecule has 2 nitrogen and oxygen atoms in total. The smallest absolute Gasteiger partial charge is 0.269 e. The second-order valence-electron chi connectivity index (χ2n) is 3.57. The van der Waals surface area contributed by atoms with E-state index in [1.165, 1.54) is 10.6 Å². The van der Waals surface area contributed by atoms with E-state index in [0.717, 1.165) is 5.56 Å². The van der Waals surface area contributed by atoms with Crippen LogP contribution >= 0.6 is 34.8 Å². The molecule has 1 aromatic carbocycles. The fourth-order valence-corrected chi connectivity index (χ4v) is 2.10. The summed E-state index contributed by atoms with van der Waals surface area (Å²) >= 11 is 17.4. The van der Waals surface area contributed by atoms with Crippen LogP contribution in [0.3, 0.4) is 0 Å². The third-order valence-corrected chi connectivity index (χ3v) is 3.00. The van der Waals surface area contributed by atoms with Crippen LogP contribution in [-0.2, 0) is 6.54 Å². The van der Waals surface area contributed by atoms with Gasteiger partial charge in [0.05, 0.1) is 11.6 Å². The zero-order valence-electron chi connectivity index (χ0n) is 8.66. The van der Waals surface area contributed by atoms with Crippen LogP contribution in [0.25, 0.3) is 0 Å². The zero-order chi connectivity index (χ0) is 12.4. The highest BCUT2D eigenvalue weighted by molar-refractivity contribution is 6.34. The van der Waals surface area contributed by atoms with Crippen molar-refractivity contribution in [1.29, 1.82) is 0 Å². The predicted octanol–water partition coefficient (Wildman–Crippen LogP) is 3.86. The van der Waals surface area contributed by atoms with Crippen molar-refractivity contribution >= 4 is 34.8 Å². The lowest BCUT2D eigenvalue weighted by Gasteiger charge is -2.07. The second-order valence-corrected chi connectivity index (χ2v) is 4.85. The summed E-state index contributed by atoms with van der Waals surface area (Å²) in [7, 11) is 0. The SMILES string of the molecule is O=c1c(Cl)cc(Cl)cn1Cc1ccc(Cl)cc1. The van der Waals surface area contributed by atoms with Gasteiger partial charge >= 0.3 is 0 Å². The molecule has 0 unspecified atom stereocenters. The van der Waals surface area contributed by atoms with Crippen LogP contribution in [0.15, 0.2) is 41.3 Å². The van der Waals surface area contributed by atoms with Crippen LogP contribution in [0.5, 0.6) is 0 Å². The Morgan fingerprint density at radius 2 is 1.65 bits per heavy atom. The van der Waals surface area contributed by atoms with E-state index in [4.69, 9.17) is 34.8 Å². The molecule has 17 heavy (non-hydrogen) atoms. The Morgan fingerprint density at radius 1 is 1.00 bits per heavy atom. The molecule has 0 N–H and O–H groups in total. The van der Waals surface area contributed by atoms with Crippen LogP contribution in [0.2, 0.25) is 15.1 Å². The summed E-state index contributed by atoms with van der Waals surface area (Å²) in [5.74, 6) is 0. The van der Waals surface area contributed by atoms with Gasteiger partial charge in [0.1, 0.15) is 5.02 Å². The van der Waals surface area contributed by atoms with Gasteiger partial charge in [0.2, 0.25) is 0 Å². The van der Waals surface area contributed by atoms with Gasteiger partial charge in [-0.25, -0.2) is 0 Å². The molecule has 88 valence electrons. The first-order valence-electron chi connectivity index (χ1n) is 4.86. The topological polar surface area (TPSA) is 22.0 Å². The lowest BCUT2D eigenvalue weighted by Crippen LogP contribution is -2.20. The molecular weight excluding hydrogens is 280 g/mol. The lowest BCUT2D eigenvalue weighted by atomic mass is 10.2. The van der Waals surface area contributed by atoms with Crippen LogP contribution in [0.4, 0.5) is 0 Å². The van der Waals surface area contributed by atoms with Gasteiger partial charge < -0.3 is 4.57 Å². The summed E-state index contributed by atoms with van der Waals surface area (Å²) in [6.45, 7) is 0.413. The third-order valence-electron chi connectivity index (χ3n) is 2.28. The van der Waals surface area contributed by atoms with Crippen LogP contribution in [0, 0.1) is 0 Å². The Bertz CT molecular complexity index is 590. The van der Waals surface area contributed by atoms with Crippen molar-refractivity contribution in [3.05, 3.63) is 67.5 Å². The van der Waals surface area contributed by atoms with Crippen molar-refractivity contribution in [3.8, 4) is 0 Å². The quantitative estimate of drug-likeness (QED) is 0.822. The molecule has 1 aromatic heterocycles. The fourth-order valence-electron chi connectivity index (χ4n) is 1.47. The van der Waals surface area contributed by atoms with Crippen LogP contribution in [0.1, 0.15) is 5.56 Å². The van der Waals surface area contributed by atoms with E-state index in [1.807, 2.05) is 12.1 Å². The monoisotopic (exact) mass is 287 g/mol. The molecular formula is C12H8Cl3NO. The van der Waals surface area contributed by atoms with Gasteiger partial charge in [-0.1, -0.05) is 46.9 Å². The molecule has 0 saturated heterocycles. The number of hydrogen-bond acceptors (Lipinski definition) is 1. The molecule has 5 heteroatoms. The number of hydrogen-bond donors (Lipinski definition) is 0. The summed E-state index contributed by atoms with van der Waals surface area (Å²) in [4.78, 5) is 11.7. The maximum atomic E-state index is 11.7. The highest BCUT2D eigenvalue weighted by Crippen LogP contribution is 2.14. The van der Waals surface area contributed by atoms with Crippen molar-refractivity contribution in [3.63, 3.8) is 0 Å². The molecule has 0 atom stereocenters. The zero-order valence-corrected chi connectivity index (χ0v) is 10.9. The highest BCUT2D eigenvalue weighted by Gasteiger charge is 2.04. The Labute approximate surface area is 113 Å². The number of pyridine rings is 1. The highest BCUT2D eigenvalue weighted by atomic mass is 35.5. The Morgan fingerprint density at radius 3 is 2.29 bits per heavy atom. The van der Waals surface area contributed by atoms with Gasteiger partial charge in [0.15, 0.2) is 0 Å². The molecule has 0 aliphatic rings. The second kappa shape index (κ2) is 5.13. The summed E-state index contributed by atoms with van der Waals surface area (Å²) in [5.41, 5.74) is 0.695. The molecule has 0 bridgehead atoms. The first kappa shape index (κ1) is 12.5. The summed E-state index contributed by atoms with van der Waals surface area (Å²) in [6, 6.07) is 8.68. The lowest BCUT2D eigenvalue weighted by molar-refractivity contribution is 0.760. The van der Waals surface area contributed by atoms with Crippen molar-refractivity contribution in [1.82, 2.24) is 4.57 Å². The predicted molar refractivity (Wildman–Crippen MR) is 71.3 cm³/mol. The van der Waals surface area contributed by atoms with Gasteiger partial charge in [-0.15, -0.1) is 0 Å². The molecule has 0 saturated carbocycles. The molecule has 1 heterocycles. The minimum atomic E-state index is -0.258. The van der Waals surface area contributed by atoms with Gasteiger partial charge in [-0.3, -0.25) is 4.79 Å². The van der Waals surface area contributed by atoms with E-state index in [1.54, 1.807) is 18.3 Å².